The molecule has 4 rings (SSSR count). The molecule has 1 fully saturated rings. The molecule has 2 aromatic carbocycles. The number of non-ortho nitro benzene ring substituents is 1. The predicted molar refractivity (Wildman–Crippen MR) is 193 cm³/mol. The van der Waals surface area contributed by atoms with Crippen molar-refractivity contribution >= 4 is 35.5 Å². The molecule has 286 valence electrons. The maximum Gasteiger partial charge on any atom is 0.336 e. The second-order valence-electron chi connectivity index (χ2n) is 12.4. The number of carboxylic acid groups (broad SMARTS) is 1. The Balaban J connectivity index is 0.000000286. The number of nitrogens with zero attached hydrogens (tertiary/aromatic N) is 2. The highest BCUT2D eigenvalue weighted by Gasteiger charge is 2.39. The number of carbonyl (C=O) groups is 5. The first-order chi connectivity index (χ1) is 25.2. The fourth-order valence-electron chi connectivity index (χ4n) is 6.38. The molecule has 4 atom stereocenters. The Morgan fingerprint density at radius 2 is 1.62 bits per heavy atom. The van der Waals surface area contributed by atoms with Crippen LogP contribution in [-0.2, 0) is 44.6 Å². The molecule has 1 amide bonds. The number of rotatable bonds is 14. The molecule has 0 bridgehead atoms. The standard InChI is InChI=1S/C20H28N2O5.C18H20N2O6/c1-3-27-20(26)16(12-11-15-8-5-4-6-9-15)21-14(2)18(23)22-13-7-10-17(22)19(24)25;1-5-26-18(22)15-11(3)19-10(2)14(17(21)25-4)16(15)12-7-6-8-13(9-12)20(23)24/h4-6,8-9,14,16-17,21H,3,7,10-13H2,1-2H3,(H,24,25);6-9,16,19H,5H2,1-4H3/t14-,16-,17-;/m0./s1. The van der Waals surface area contributed by atoms with Crippen LogP contribution in [0.15, 0.2) is 77.1 Å². The maximum atomic E-state index is 12.7. The fraction of sp³-hybridized carbons (Fsp3) is 0.447. The van der Waals surface area contributed by atoms with Crippen LogP contribution < -0.4 is 10.6 Å². The quantitative estimate of drug-likeness (QED) is 0.108. The van der Waals surface area contributed by atoms with Crippen molar-refractivity contribution in [1.29, 1.82) is 0 Å². The number of nitrogens with one attached hydrogen (secondary N) is 2. The Labute approximate surface area is 308 Å². The summed E-state index contributed by atoms with van der Waals surface area (Å²) in [6, 6.07) is 13.5. The molecule has 15 nitrogen and oxygen atoms in total. The van der Waals surface area contributed by atoms with E-state index >= 15 is 0 Å². The number of likely N-dealkylation sites (tertiary alicyclic amines) is 1. The lowest BCUT2D eigenvalue weighted by molar-refractivity contribution is -0.384. The lowest BCUT2D eigenvalue weighted by atomic mass is 9.80. The van der Waals surface area contributed by atoms with Gasteiger partial charge in [0, 0.05) is 30.1 Å². The molecule has 3 N–H and O–H groups in total. The zero-order valence-electron chi connectivity index (χ0n) is 30.9. The van der Waals surface area contributed by atoms with E-state index in [4.69, 9.17) is 14.2 Å². The summed E-state index contributed by atoms with van der Waals surface area (Å²) < 4.78 is 15.1. The van der Waals surface area contributed by atoms with Crippen molar-refractivity contribution in [3.63, 3.8) is 0 Å². The fourth-order valence-corrected chi connectivity index (χ4v) is 6.38. The number of benzene rings is 2. The molecule has 2 heterocycles. The number of methoxy groups -OCH3 is 1. The Morgan fingerprint density at radius 3 is 2.21 bits per heavy atom. The average molecular weight is 737 g/mol. The van der Waals surface area contributed by atoms with Gasteiger partial charge in [-0.05, 0) is 71.4 Å². The van der Waals surface area contributed by atoms with Crippen molar-refractivity contribution in [1.82, 2.24) is 15.5 Å². The smallest absolute Gasteiger partial charge is 0.336 e. The third kappa shape index (κ3) is 11.0. The first-order valence-electron chi connectivity index (χ1n) is 17.4. The molecule has 1 saturated heterocycles. The molecule has 15 heteroatoms. The van der Waals surface area contributed by atoms with Crippen LogP contribution in [-0.4, -0.2) is 89.7 Å². The summed E-state index contributed by atoms with van der Waals surface area (Å²) in [6.07, 6.45) is 2.29. The molecule has 0 spiro atoms. The lowest BCUT2D eigenvalue weighted by Gasteiger charge is -2.30. The zero-order chi connectivity index (χ0) is 39.2. The van der Waals surface area contributed by atoms with Crippen LogP contribution in [0.3, 0.4) is 0 Å². The SMILES string of the molecule is CCOC(=O)C1=C(C)NC(C)=C(C(=O)OC)C1c1cccc([N+](=O)[O-])c1.CCOC(=O)[C@H](CCc1ccccc1)N[C@@H](C)C(=O)N1CCC[C@H]1C(=O)O. The van der Waals surface area contributed by atoms with Crippen LogP contribution in [0.5, 0.6) is 0 Å². The van der Waals surface area contributed by atoms with Crippen LogP contribution in [0.25, 0.3) is 0 Å². The number of nitro benzene ring substituents is 1. The zero-order valence-corrected chi connectivity index (χ0v) is 30.9. The van der Waals surface area contributed by atoms with Gasteiger partial charge in [0.15, 0.2) is 0 Å². The van der Waals surface area contributed by atoms with Crippen LogP contribution in [0, 0.1) is 10.1 Å². The number of aliphatic carboxylic acids is 1. The van der Waals surface area contributed by atoms with Crippen LogP contribution in [0.2, 0.25) is 0 Å². The largest absolute Gasteiger partial charge is 0.480 e. The summed E-state index contributed by atoms with van der Waals surface area (Å²) in [6.45, 7) is 9.29. The summed E-state index contributed by atoms with van der Waals surface area (Å²) in [5, 5.41) is 26.5. The first-order valence-corrected chi connectivity index (χ1v) is 17.4. The Bertz CT molecular complexity index is 1720. The van der Waals surface area contributed by atoms with Crippen molar-refractivity contribution in [2.45, 2.75) is 84.3 Å². The molecular formula is C38H48N4O11. The molecular weight excluding hydrogens is 688 g/mol. The number of hydrogen-bond donors (Lipinski definition) is 3. The van der Waals surface area contributed by atoms with Crippen molar-refractivity contribution in [2.75, 3.05) is 26.9 Å². The van der Waals surface area contributed by atoms with Gasteiger partial charge in [-0.1, -0.05) is 42.5 Å². The summed E-state index contributed by atoms with van der Waals surface area (Å²) in [4.78, 5) is 73.3. The van der Waals surface area contributed by atoms with E-state index < -0.39 is 52.8 Å². The number of nitro groups is 1. The minimum atomic E-state index is -0.987. The molecule has 2 aromatic rings. The Morgan fingerprint density at radius 1 is 0.981 bits per heavy atom. The molecule has 0 aromatic heterocycles. The monoisotopic (exact) mass is 736 g/mol. The van der Waals surface area contributed by atoms with Crippen LogP contribution in [0.1, 0.15) is 70.9 Å². The number of aryl methyl sites for hydroxylation is 1. The number of allylic oxidation sites excluding steroid dienone is 2. The highest BCUT2D eigenvalue weighted by molar-refractivity contribution is 6.00. The van der Waals surface area contributed by atoms with Gasteiger partial charge in [0.05, 0.1) is 48.4 Å². The van der Waals surface area contributed by atoms with E-state index in [0.29, 0.717) is 49.2 Å². The molecule has 0 saturated carbocycles. The van der Waals surface area contributed by atoms with E-state index in [-0.39, 0.29) is 36.0 Å². The predicted octanol–water partition coefficient (Wildman–Crippen LogP) is 4.17. The minimum Gasteiger partial charge on any atom is -0.480 e. The lowest BCUT2D eigenvalue weighted by Crippen LogP contribution is -2.53. The molecule has 53 heavy (non-hydrogen) atoms. The number of carboxylic acids is 1. The Kier molecular flexibility index (Phi) is 15.7. The average Bonchev–Trinajstić information content (AvgIpc) is 3.64. The van der Waals surface area contributed by atoms with Crippen molar-refractivity contribution in [3.8, 4) is 0 Å². The third-order valence-electron chi connectivity index (χ3n) is 8.85. The van der Waals surface area contributed by atoms with E-state index in [1.54, 1.807) is 40.7 Å². The third-order valence-corrected chi connectivity index (χ3v) is 8.85. The molecule has 0 aliphatic carbocycles. The molecule has 0 radical (unpaired) electrons. The van der Waals surface area contributed by atoms with Gasteiger partial charge < -0.3 is 29.5 Å². The first kappa shape index (κ1) is 41.8. The maximum absolute atomic E-state index is 12.7. The van der Waals surface area contributed by atoms with Gasteiger partial charge in [-0.15, -0.1) is 0 Å². The molecule has 2 aliphatic rings. The Hall–Kier alpha value is -5.57. The summed E-state index contributed by atoms with van der Waals surface area (Å²) in [5.74, 6) is -3.73. The van der Waals surface area contributed by atoms with Gasteiger partial charge in [0.2, 0.25) is 5.91 Å². The highest BCUT2D eigenvalue weighted by atomic mass is 16.6. The van der Waals surface area contributed by atoms with Crippen molar-refractivity contribution in [3.05, 3.63) is 98.4 Å². The number of ether oxygens (including phenoxy) is 3. The summed E-state index contributed by atoms with van der Waals surface area (Å²) >= 11 is 0. The van der Waals surface area contributed by atoms with E-state index in [0.717, 1.165) is 5.56 Å². The second kappa shape index (κ2) is 19.9. The van der Waals surface area contributed by atoms with Crippen LogP contribution in [0.4, 0.5) is 5.69 Å². The molecule has 1 unspecified atom stereocenters. The van der Waals surface area contributed by atoms with Gasteiger partial charge in [-0.2, -0.15) is 0 Å². The van der Waals surface area contributed by atoms with Crippen molar-refractivity contribution < 1.29 is 48.2 Å². The normalized spacial score (nSPS) is 17.8. The highest BCUT2D eigenvalue weighted by Crippen LogP contribution is 2.40. The number of amides is 1. The van der Waals surface area contributed by atoms with Crippen molar-refractivity contribution in [2.24, 2.45) is 0 Å². The number of esters is 3. The van der Waals surface area contributed by atoms with Crippen LogP contribution >= 0.6 is 0 Å². The van der Waals surface area contributed by atoms with Gasteiger partial charge >= 0.3 is 23.9 Å². The second-order valence-corrected chi connectivity index (χ2v) is 12.4. The number of dihydropyridines is 1. The molecule has 2 aliphatic heterocycles. The van der Waals surface area contributed by atoms with Gasteiger partial charge in [0.25, 0.3) is 5.69 Å². The van der Waals surface area contributed by atoms with Gasteiger partial charge in [0.1, 0.15) is 12.1 Å². The van der Waals surface area contributed by atoms with Gasteiger partial charge in [-0.25, -0.2) is 14.4 Å². The summed E-state index contributed by atoms with van der Waals surface area (Å²) in [7, 11) is 1.24. The van der Waals surface area contributed by atoms with E-state index in [1.807, 2.05) is 30.3 Å². The van der Waals surface area contributed by atoms with E-state index in [1.165, 1.54) is 30.2 Å². The number of carbonyl (C=O) groups excluding carboxylic acids is 4. The minimum absolute atomic E-state index is 0.135. The van der Waals surface area contributed by atoms with E-state index in [9.17, 15) is 39.2 Å². The summed E-state index contributed by atoms with van der Waals surface area (Å²) in [5.41, 5.74) is 2.86. The topological polar surface area (TPSA) is 204 Å². The number of hydrogen-bond acceptors (Lipinski definition) is 12. The van der Waals surface area contributed by atoms with Gasteiger partial charge in [-0.3, -0.25) is 25.0 Å². The van der Waals surface area contributed by atoms with E-state index in [2.05, 4.69) is 10.6 Å².